The zero-order valence-corrected chi connectivity index (χ0v) is 11.5. The van der Waals surface area contributed by atoms with Crippen LogP contribution in [0.15, 0.2) is 0 Å². The summed E-state index contributed by atoms with van der Waals surface area (Å²) in [7, 11) is 6.52. The van der Waals surface area contributed by atoms with Crippen LogP contribution in [0.2, 0.25) is 0 Å². The Morgan fingerprint density at radius 1 is 1.44 bits per heavy atom. The van der Waals surface area contributed by atoms with Crippen molar-refractivity contribution in [2.75, 3.05) is 47.3 Å². The first-order valence-corrected chi connectivity index (χ1v) is 6.64. The second-order valence-corrected chi connectivity index (χ2v) is 5.67. The molecule has 16 heavy (non-hydrogen) atoms. The minimum atomic E-state index is 0.648. The van der Waals surface area contributed by atoms with Gasteiger partial charge in [-0.3, -0.25) is 0 Å². The van der Waals surface area contributed by atoms with E-state index in [1.807, 2.05) is 0 Å². The molecule has 96 valence electrons. The smallest absolute Gasteiger partial charge is 0.00510 e. The van der Waals surface area contributed by atoms with E-state index < -0.39 is 0 Å². The highest BCUT2D eigenvalue weighted by Gasteiger charge is 2.17. The van der Waals surface area contributed by atoms with Crippen molar-refractivity contribution in [2.45, 2.75) is 32.2 Å². The summed E-state index contributed by atoms with van der Waals surface area (Å²) in [5, 5.41) is 3.67. The third-order valence-electron chi connectivity index (χ3n) is 3.49. The molecule has 0 bridgehead atoms. The van der Waals surface area contributed by atoms with Gasteiger partial charge in [0.1, 0.15) is 0 Å². The maximum atomic E-state index is 3.67. The largest absolute Gasteiger partial charge is 0.314 e. The standard InChI is InChI=1S/C13H29N3/c1-12(7-9-15(2)3)14-10-13-6-5-8-16(4)11-13/h12-14H,5-11H2,1-4H3. The number of rotatable bonds is 6. The molecule has 1 rings (SSSR count). The van der Waals surface area contributed by atoms with Crippen LogP contribution in [0.1, 0.15) is 26.2 Å². The minimum absolute atomic E-state index is 0.648. The van der Waals surface area contributed by atoms with E-state index in [9.17, 15) is 0 Å². The molecule has 0 spiro atoms. The zero-order chi connectivity index (χ0) is 12.0. The molecule has 0 saturated carbocycles. The van der Waals surface area contributed by atoms with Crippen molar-refractivity contribution in [3.63, 3.8) is 0 Å². The third-order valence-corrected chi connectivity index (χ3v) is 3.49. The highest BCUT2D eigenvalue weighted by Crippen LogP contribution is 2.14. The molecule has 1 fully saturated rings. The summed E-state index contributed by atoms with van der Waals surface area (Å²) in [6.07, 6.45) is 4.02. The Hall–Kier alpha value is -0.120. The summed E-state index contributed by atoms with van der Waals surface area (Å²) in [6, 6.07) is 0.648. The summed E-state index contributed by atoms with van der Waals surface area (Å²) in [6.45, 7) is 7.23. The van der Waals surface area contributed by atoms with Gasteiger partial charge in [-0.05, 0) is 72.9 Å². The monoisotopic (exact) mass is 227 g/mol. The Morgan fingerprint density at radius 3 is 2.81 bits per heavy atom. The Kier molecular flexibility index (Phi) is 6.32. The normalized spacial score (nSPS) is 24.9. The summed E-state index contributed by atoms with van der Waals surface area (Å²) in [5.74, 6) is 0.862. The van der Waals surface area contributed by atoms with E-state index >= 15 is 0 Å². The lowest BCUT2D eigenvalue weighted by Crippen LogP contribution is -2.40. The number of nitrogens with zero attached hydrogens (tertiary/aromatic N) is 2. The Morgan fingerprint density at radius 2 is 2.19 bits per heavy atom. The molecule has 0 radical (unpaired) electrons. The van der Waals surface area contributed by atoms with Crippen molar-refractivity contribution >= 4 is 0 Å². The van der Waals surface area contributed by atoms with Crippen LogP contribution >= 0.6 is 0 Å². The molecule has 3 heteroatoms. The molecular formula is C13H29N3. The SMILES string of the molecule is CC(CCN(C)C)NCC1CCCN(C)C1. The van der Waals surface area contributed by atoms with Crippen molar-refractivity contribution in [1.82, 2.24) is 15.1 Å². The molecule has 0 aromatic heterocycles. The molecule has 2 unspecified atom stereocenters. The van der Waals surface area contributed by atoms with Crippen LogP contribution in [0.4, 0.5) is 0 Å². The lowest BCUT2D eigenvalue weighted by Gasteiger charge is -2.30. The fraction of sp³-hybridized carbons (Fsp3) is 1.00. The number of nitrogens with one attached hydrogen (secondary N) is 1. The van der Waals surface area contributed by atoms with E-state index in [1.165, 1.54) is 45.4 Å². The second-order valence-electron chi connectivity index (χ2n) is 5.67. The maximum absolute atomic E-state index is 3.67. The fourth-order valence-corrected chi connectivity index (χ4v) is 2.36. The van der Waals surface area contributed by atoms with Crippen molar-refractivity contribution < 1.29 is 0 Å². The molecule has 1 heterocycles. The van der Waals surface area contributed by atoms with Crippen molar-refractivity contribution in [3.05, 3.63) is 0 Å². The molecule has 0 aliphatic carbocycles. The van der Waals surface area contributed by atoms with Crippen molar-refractivity contribution in [3.8, 4) is 0 Å². The number of piperidine rings is 1. The molecule has 0 aromatic carbocycles. The average Bonchev–Trinajstić information content (AvgIpc) is 2.23. The highest BCUT2D eigenvalue weighted by atomic mass is 15.1. The van der Waals surface area contributed by atoms with Crippen LogP contribution in [0.5, 0.6) is 0 Å². The van der Waals surface area contributed by atoms with Gasteiger partial charge < -0.3 is 15.1 Å². The molecular weight excluding hydrogens is 198 g/mol. The van der Waals surface area contributed by atoms with Gasteiger partial charge in [0.2, 0.25) is 0 Å². The van der Waals surface area contributed by atoms with Gasteiger partial charge in [-0.1, -0.05) is 0 Å². The van der Waals surface area contributed by atoms with Crippen LogP contribution in [0.25, 0.3) is 0 Å². The predicted octanol–water partition coefficient (Wildman–Crippen LogP) is 1.26. The first-order chi connectivity index (χ1) is 7.58. The number of likely N-dealkylation sites (tertiary alicyclic amines) is 1. The molecule has 1 saturated heterocycles. The summed E-state index contributed by atoms with van der Waals surface area (Å²) >= 11 is 0. The van der Waals surface area contributed by atoms with Crippen LogP contribution in [0.3, 0.4) is 0 Å². The van der Waals surface area contributed by atoms with E-state index in [4.69, 9.17) is 0 Å². The first kappa shape index (κ1) is 13.9. The summed E-state index contributed by atoms with van der Waals surface area (Å²) in [4.78, 5) is 4.72. The van der Waals surface area contributed by atoms with Gasteiger partial charge in [0, 0.05) is 12.6 Å². The first-order valence-electron chi connectivity index (χ1n) is 6.64. The Labute approximate surface area is 101 Å². The second kappa shape index (κ2) is 7.25. The minimum Gasteiger partial charge on any atom is -0.314 e. The van der Waals surface area contributed by atoms with Gasteiger partial charge in [0.25, 0.3) is 0 Å². The van der Waals surface area contributed by atoms with Gasteiger partial charge in [-0.25, -0.2) is 0 Å². The van der Waals surface area contributed by atoms with Gasteiger partial charge in [0.05, 0.1) is 0 Å². The van der Waals surface area contributed by atoms with Gasteiger partial charge >= 0.3 is 0 Å². The third kappa shape index (κ3) is 5.83. The van der Waals surface area contributed by atoms with Crippen LogP contribution < -0.4 is 5.32 Å². The highest BCUT2D eigenvalue weighted by molar-refractivity contribution is 4.74. The lowest BCUT2D eigenvalue weighted by atomic mass is 9.98. The molecule has 1 N–H and O–H groups in total. The quantitative estimate of drug-likeness (QED) is 0.737. The zero-order valence-electron chi connectivity index (χ0n) is 11.5. The van der Waals surface area contributed by atoms with E-state index in [-0.39, 0.29) is 0 Å². The Balaban J connectivity index is 2.08. The van der Waals surface area contributed by atoms with Crippen molar-refractivity contribution in [1.29, 1.82) is 0 Å². The fourth-order valence-electron chi connectivity index (χ4n) is 2.36. The van der Waals surface area contributed by atoms with E-state index in [0.29, 0.717) is 6.04 Å². The van der Waals surface area contributed by atoms with Crippen LogP contribution in [0, 0.1) is 5.92 Å². The lowest BCUT2D eigenvalue weighted by molar-refractivity contribution is 0.202. The number of hydrogen-bond acceptors (Lipinski definition) is 3. The maximum Gasteiger partial charge on any atom is 0.00510 e. The van der Waals surface area contributed by atoms with Crippen LogP contribution in [-0.4, -0.2) is 63.2 Å². The van der Waals surface area contributed by atoms with E-state index in [1.54, 1.807) is 0 Å². The Bertz CT molecular complexity index is 182. The van der Waals surface area contributed by atoms with Crippen LogP contribution in [-0.2, 0) is 0 Å². The molecule has 2 atom stereocenters. The van der Waals surface area contributed by atoms with E-state index in [0.717, 1.165) is 5.92 Å². The van der Waals surface area contributed by atoms with Gasteiger partial charge in [-0.15, -0.1) is 0 Å². The van der Waals surface area contributed by atoms with Gasteiger partial charge in [-0.2, -0.15) is 0 Å². The summed E-state index contributed by atoms with van der Waals surface area (Å²) in [5.41, 5.74) is 0. The summed E-state index contributed by atoms with van der Waals surface area (Å²) < 4.78 is 0. The number of hydrogen-bond donors (Lipinski definition) is 1. The van der Waals surface area contributed by atoms with E-state index in [2.05, 4.69) is 43.2 Å². The predicted molar refractivity (Wildman–Crippen MR) is 70.9 cm³/mol. The average molecular weight is 227 g/mol. The van der Waals surface area contributed by atoms with Crippen molar-refractivity contribution in [2.24, 2.45) is 5.92 Å². The topological polar surface area (TPSA) is 18.5 Å². The molecule has 3 nitrogen and oxygen atoms in total. The molecule has 0 amide bonds. The van der Waals surface area contributed by atoms with Gasteiger partial charge in [0.15, 0.2) is 0 Å². The molecule has 1 aliphatic heterocycles. The molecule has 0 aromatic rings. The molecule has 1 aliphatic rings.